The van der Waals surface area contributed by atoms with Gasteiger partial charge in [-0.2, -0.15) is 0 Å². The lowest BCUT2D eigenvalue weighted by atomic mass is 10.1. The topological polar surface area (TPSA) is 12.0 Å². The van der Waals surface area contributed by atoms with Gasteiger partial charge in [0.15, 0.2) is 0 Å². The van der Waals surface area contributed by atoms with Crippen LogP contribution < -0.4 is 5.32 Å². The summed E-state index contributed by atoms with van der Waals surface area (Å²) in [4.78, 5) is 1.70. The summed E-state index contributed by atoms with van der Waals surface area (Å²) in [6.45, 7) is 4.84. The Morgan fingerprint density at radius 3 is 2.39 bits per heavy atom. The average molecular weight is 267 g/mol. The number of rotatable bonds is 4. The summed E-state index contributed by atoms with van der Waals surface area (Å²) in [6.07, 6.45) is 0. The van der Waals surface area contributed by atoms with Gasteiger partial charge in [0.2, 0.25) is 0 Å². The molecule has 1 aromatic carbocycles. The van der Waals surface area contributed by atoms with Crippen LogP contribution in [-0.4, -0.2) is 6.04 Å². The number of nitrogens with one attached hydrogen (secondary N) is 1. The van der Waals surface area contributed by atoms with Crippen LogP contribution in [0.5, 0.6) is 0 Å². The van der Waals surface area contributed by atoms with Crippen LogP contribution in [0, 0.1) is 11.6 Å². The van der Waals surface area contributed by atoms with Crippen molar-refractivity contribution in [3.05, 3.63) is 46.8 Å². The lowest BCUT2D eigenvalue weighted by Crippen LogP contribution is -2.21. The van der Waals surface area contributed by atoms with E-state index >= 15 is 0 Å². The standard InChI is InChI=1S/C14H15F2NS/c1-9(2)17-8-10-6-7-13(18-10)14-11(15)4-3-5-12(14)16/h3-7,9,17H,8H2,1-2H3. The van der Waals surface area contributed by atoms with Crippen LogP contribution in [0.2, 0.25) is 0 Å². The maximum absolute atomic E-state index is 13.6. The Bertz CT molecular complexity index is 514. The van der Waals surface area contributed by atoms with E-state index in [1.807, 2.05) is 6.07 Å². The second kappa shape index (κ2) is 5.59. The molecule has 0 fully saturated rings. The smallest absolute Gasteiger partial charge is 0.134 e. The summed E-state index contributed by atoms with van der Waals surface area (Å²) in [5.74, 6) is -1.03. The van der Waals surface area contributed by atoms with Crippen LogP contribution in [-0.2, 0) is 6.54 Å². The molecule has 0 saturated carbocycles. The first-order valence-corrected chi connectivity index (χ1v) is 6.66. The van der Waals surface area contributed by atoms with E-state index in [0.29, 0.717) is 10.9 Å². The van der Waals surface area contributed by atoms with Gasteiger partial charge in [0.05, 0.1) is 5.56 Å². The molecule has 0 unspecified atom stereocenters. The quantitative estimate of drug-likeness (QED) is 0.875. The van der Waals surface area contributed by atoms with Crippen LogP contribution in [0.15, 0.2) is 30.3 Å². The SMILES string of the molecule is CC(C)NCc1ccc(-c2c(F)cccc2F)s1. The van der Waals surface area contributed by atoms with Crippen LogP contribution >= 0.6 is 11.3 Å². The third kappa shape index (κ3) is 2.94. The van der Waals surface area contributed by atoms with Crippen molar-refractivity contribution in [3.63, 3.8) is 0 Å². The molecule has 0 aliphatic rings. The van der Waals surface area contributed by atoms with Crippen molar-refractivity contribution in [2.24, 2.45) is 0 Å². The van der Waals surface area contributed by atoms with Gasteiger partial charge in [-0.05, 0) is 24.3 Å². The van der Waals surface area contributed by atoms with Crippen LogP contribution in [0.1, 0.15) is 18.7 Å². The largest absolute Gasteiger partial charge is 0.310 e. The van der Waals surface area contributed by atoms with E-state index in [-0.39, 0.29) is 5.56 Å². The number of thiophene rings is 1. The minimum atomic E-state index is -0.514. The second-order valence-electron chi connectivity index (χ2n) is 4.40. The van der Waals surface area contributed by atoms with Gasteiger partial charge >= 0.3 is 0 Å². The molecule has 0 radical (unpaired) electrons. The van der Waals surface area contributed by atoms with Crippen LogP contribution in [0.25, 0.3) is 10.4 Å². The van der Waals surface area contributed by atoms with Crippen molar-refractivity contribution in [2.75, 3.05) is 0 Å². The molecule has 1 nitrogen and oxygen atoms in total. The van der Waals surface area contributed by atoms with E-state index in [1.54, 1.807) is 6.07 Å². The normalized spacial score (nSPS) is 11.2. The molecule has 0 amide bonds. The third-order valence-electron chi connectivity index (χ3n) is 2.56. The molecule has 1 aromatic heterocycles. The Labute approximate surface area is 109 Å². The molecule has 0 atom stereocenters. The van der Waals surface area contributed by atoms with Gasteiger partial charge in [0.1, 0.15) is 11.6 Å². The van der Waals surface area contributed by atoms with Gasteiger partial charge in [-0.25, -0.2) is 8.78 Å². The zero-order chi connectivity index (χ0) is 13.1. The fraction of sp³-hybridized carbons (Fsp3) is 0.286. The van der Waals surface area contributed by atoms with Crippen LogP contribution in [0.3, 0.4) is 0 Å². The molecule has 0 saturated heterocycles. The molecule has 0 aliphatic heterocycles. The van der Waals surface area contributed by atoms with Gasteiger partial charge in [0, 0.05) is 22.3 Å². The highest BCUT2D eigenvalue weighted by atomic mass is 32.1. The van der Waals surface area contributed by atoms with Gasteiger partial charge in [0.25, 0.3) is 0 Å². The highest BCUT2D eigenvalue weighted by Crippen LogP contribution is 2.32. The lowest BCUT2D eigenvalue weighted by molar-refractivity contribution is 0.590. The van der Waals surface area contributed by atoms with E-state index in [1.165, 1.54) is 29.5 Å². The van der Waals surface area contributed by atoms with Crippen molar-refractivity contribution in [2.45, 2.75) is 26.4 Å². The fourth-order valence-corrected chi connectivity index (χ4v) is 2.65. The number of benzene rings is 1. The van der Waals surface area contributed by atoms with Gasteiger partial charge in [-0.1, -0.05) is 19.9 Å². The molecule has 18 heavy (non-hydrogen) atoms. The Balaban J connectivity index is 2.24. The summed E-state index contributed by atoms with van der Waals surface area (Å²) in [6, 6.07) is 8.00. The van der Waals surface area contributed by atoms with E-state index in [0.717, 1.165) is 11.4 Å². The summed E-state index contributed by atoms with van der Waals surface area (Å²) >= 11 is 1.41. The van der Waals surface area contributed by atoms with Gasteiger partial charge in [-0.15, -0.1) is 11.3 Å². The van der Waals surface area contributed by atoms with Gasteiger partial charge < -0.3 is 5.32 Å². The first kappa shape index (κ1) is 13.2. The predicted octanol–water partition coefficient (Wildman–Crippen LogP) is 4.19. The van der Waals surface area contributed by atoms with E-state index in [4.69, 9.17) is 0 Å². The summed E-state index contributed by atoms with van der Waals surface area (Å²) in [5, 5.41) is 3.28. The lowest BCUT2D eigenvalue weighted by Gasteiger charge is -2.05. The highest BCUT2D eigenvalue weighted by molar-refractivity contribution is 7.15. The minimum Gasteiger partial charge on any atom is -0.310 e. The van der Waals surface area contributed by atoms with Crippen molar-refractivity contribution in [1.29, 1.82) is 0 Å². The molecule has 0 aliphatic carbocycles. The molecule has 0 bridgehead atoms. The van der Waals surface area contributed by atoms with Crippen molar-refractivity contribution in [1.82, 2.24) is 5.32 Å². The Morgan fingerprint density at radius 1 is 1.11 bits per heavy atom. The second-order valence-corrected chi connectivity index (χ2v) is 5.57. The van der Waals surface area contributed by atoms with Crippen molar-refractivity contribution in [3.8, 4) is 10.4 Å². The van der Waals surface area contributed by atoms with Crippen molar-refractivity contribution < 1.29 is 8.78 Å². The van der Waals surface area contributed by atoms with Crippen LogP contribution in [0.4, 0.5) is 8.78 Å². The molecular weight excluding hydrogens is 252 g/mol. The summed E-state index contributed by atoms with van der Waals surface area (Å²) in [7, 11) is 0. The molecule has 4 heteroatoms. The molecule has 1 N–H and O–H groups in total. The maximum Gasteiger partial charge on any atom is 0.134 e. The zero-order valence-electron chi connectivity index (χ0n) is 10.3. The van der Waals surface area contributed by atoms with E-state index < -0.39 is 11.6 Å². The first-order valence-electron chi connectivity index (χ1n) is 5.84. The first-order chi connectivity index (χ1) is 8.58. The maximum atomic E-state index is 13.6. The number of hydrogen-bond donors (Lipinski definition) is 1. The predicted molar refractivity (Wildman–Crippen MR) is 71.6 cm³/mol. The Morgan fingerprint density at radius 2 is 1.78 bits per heavy atom. The number of hydrogen-bond acceptors (Lipinski definition) is 2. The monoisotopic (exact) mass is 267 g/mol. The van der Waals surface area contributed by atoms with E-state index in [2.05, 4.69) is 19.2 Å². The van der Waals surface area contributed by atoms with Gasteiger partial charge in [-0.3, -0.25) is 0 Å². The molecule has 96 valence electrons. The molecular formula is C14H15F2NS. The molecule has 1 heterocycles. The molecule has 2 aromatic rings. The van der Waals surface area contributed by atoms with Crippen molar-refractivity contribution >= 4 is 11.3 Å². The molecule has 2 rings (SSSR count). The fourth-order valence-electron chi connectivity index (χ4n) is 1.65. The number of halogens is 2. The zero-order valence-corrected chi connectivity index (χ0v) is 11.2. The third-order valence-corrected chi connectivity index (χ3v) is 3.66. The minimum absolute atomic E-state index is 0.0679. The summed E-state index contributed by atoms with van der Waals surface area (Å²) in [5.41, 5.74) is 0.0679. The van der Waals surface area contributed by atoms with E-state index in [9.17, 15) is 8.78 Å². The Kier molecular flexibility index (Phi) is 4.09. The highest BCUT2D eigenvalue weighted by Gasteiger charge is 2.13. The average Bonchev–Trinajstić information content (AvgIpc) is 2.75. The molecule has 0 spiro atoms. The Hall–Kier alpha value is -1.26. The summed E-state index contributed by atoms with van der Waals surface area (Å²) < 4.78 is 27.2.